The lowest BCUT2D eigenvalue weighted by atomic mass is 10.0. The maximum absolute atomic E-state index is 12.4. The van der Waals surface area contributed by atoms with Crippen molar-refractivity contribution in [2.45, 2.75) is 206 Å². The van der Waals surface area contributed by atoms with Gasteiger partial charge in [-0.25, -0.2) is 4.57 Å². The lowest BCUT2D eigenvalue weighted by Crippen LogP contribution is -2.29. The fourth-order valence-electron chi connectivity index (χ4n) is 5.91. The van der Waals surface area contributed by atoms with Gasteiger partial charge in [0.1, 0.15) is 6.61 Å². The zero-order valence-corrected chi connectivity index (χ0v) is 35.1. The Labute approximate surface area is 329 Å². The first-order valence-electron chi connectivity index (χ1n) is 21.5. The zero-order valence-electron chi connectivity index (χ0n) is 34.2. The number of ether oxygens (including phenoxy) is 2. The second-order valence-electron chi connectivity index (χ2n) is 14.6. The Morgan fingerprint density at radius 1 is 0.556 bits per heavy atom. The van der Waals surface area contributed by atoms with Crippen LogP contribution in [-0.2, 0) is 28.2 Å². The molecule has 2 atom stereocenters. The fraction of sp³-hybridized carbons (Fsp3) is 0.773. The van der Waals surface area contributed by atoms with Gasteiger partial charge in [0.2, 0.25) is 0 Å². The molecule has 0 aromatic heterocycles. The first-order chi connectivity index (χ1) is 26.1. The molecule has 0 unspecified atom stereocenters. The zero-order chi connectivity index (χ0) is 39.8. The van der Waals surface area contributed by atoms with Crippen molar-refractivity contribution in [1.29, 1.82) is 0 Å². The number of carbonyl (C=O) groups is 2. The van der Waals surface area contributed by atoms with Crippen LogP contribution in [0.25, 0.3) is 0 Å². The van der Waals surface area contributed by atoms with E-state index in [1.54, 1.807) is 0 Å². The summed E-state index contributed by atoms with van der Waals surface area (Å²) >= 11 is 0. The lowest BCUT2D eigenvalue weighted by Gasteiger charge is -2.18. The molecular formula is C44H79O9P. The summed E-state index contributed by atoms with van der Waals surface area (Å²) in [5, 5.41) is 9.25. The summed E-state index contributed by atoms with van der Waals surface area (Å²) in [4.78, 5) is 42.8. The summed E-state index contributed by atoms with van der Waals surface area (Å²) < 4.78 is 26.3. The van der Waals surface area contributed by atoms with E-state index < -0.39 is 32.5 Å². The molecule has 0 amide bonds. The largest absolute Gasteiger partial charge is 0.469 e. The monoisotopic (exact) mass is 783 g/mol. The normalized spacial score (nSPS) is 13.5. The van der Waals surface area contributed by atoms with Gasteiger partial charge in [-0.2, -0.15) is 0 Å². The summed E-state index contributed by atoms with van der Waals surface area (Å²) in [6.45, 7) is 3.20. The highest BCUT2D eigenvalue weighted by Gasteiger charge is 2.22. The van der Waals surface area contributed by atoms with Crippen LogP contribution in [0.2, 0.25) is 0 Å². The number of aliphatic hydroxyl groups is 1. The molecule has 54 heavy (non-hydrogen) atoms. The number of phosphoric ester groups is 1. The molecule has 0 aromatic carbocycles. The topological polar surface area (TPSA) is 140 Å². The number of unbranched alkanes of at least 4 members (excludes halogenated alkanes) is 19. The summed E-state index contributed by atoms with van der Waals surface area (Å²) in [5.74, 6) is -0.962. The standard InChI is InChI=1S/C44H79O9P/c1-3-4-5-6-7-8-9-10-11-12-13-16-19-22-25-28-31-34-37-43(46)51-39-42(40-52-54(48,49)50)53-44(47)38-35-32-29-26-23-20-17-14-15-18-21-24-27-30-33-36-41(2)45/h15,17-18,20,24,26-27,29,41-42,45H,3-14,16,19,21-23,25,28,30-40H2,1-2H3,(H2,48,49,50)/b18-15-,20-17-,27-24-,29-26-/t41-,42+/m0/s1. The first-order valence-corrected chi connectivity index (χ1v) is 23.0. The molecule has 0 aliphatic heterocycles. The van der Waals surface area contributed by atoms with Crippen molar-refractivity contribution in [3.63, 3.8) is 0 Å². The number of hydrogen-bond donors (Lipinski definition) is 3. The first kappa shape index (κ1) is 52.0. The number of carbonyl (C=O) groups excluding carboxylic acids is 2. The molecule has 314 valence electrons. The lowest BCUT2D eigenvalue weighted by molar-refractivity contribution is -0.161. The van der Waals surface area contributed by atoms with Crippen molar-refractivity contribution in [1.82, 2.24) is 0 Å². The van der Waals surface area contributed by atoms with Gasteiger partial charge in [-0.1, -0.05) is 165 Å². The van der Waals surface area contributed by atoms with E-state index in [0.29, 0.717) is 19.3 Å². The van der Waals surface area contributed by atoms with Gasteiger partial charge in [0.05, 0.1) is 12.7 Å². The third-order valence-electron chi connectivity index (χ3n) is 9.12. The molecule has 0 radical (unpaired) electrons. The Morgan fingerprint density at radius 3 is 1.41 bits per heavy atom. The highest BCUT2D eigenvalue weighted by Crippen LogP contribution is 2.36. The average Bonchev–Trinajstić information content (AvgIpc) is 3.13. The molecular weight excluding hydrogens is 703 g/mol. The van der Waals surface area contributed by atoms with Gasteiger partial charge in [0.25, 0.3) is 0 Å². The van der Waals surface area contributed by atoms with Crippen LogP contribution in [0.15, 0.2) is 48.6 Å². The molecule has 0 heterocycles. The molecule has 0 saturated heterocycles. The van der Waals surface area contributed by atoms with Crippen molar-refractivity contribution >= 4 is 19.8 Å². The van der Waals surface area contributed by atoms with Crippen molar-refractivity contribution in [2.75, 3.05) is 13.2 Å². The highest BCUT2D eigenvalue weighted by molar-refractivity contribution is 7.46. The quantitative estimate of drug-likeness (QED) is 0.0240. The summed E-state index contributed by atoms with van der Waals surface area (Å²) in [6, 6.07) is 0. The van der Waals surface area contributed by atoms with E-state index in [0.717, 1.165) is 51.4 Å². The molecule has 0 aromatic rings. The molecule has 0 saturated carbocycles. The molecule has 3 N–H and O–H groups in total. The van der Waals surface area contributed by atoms with E-state index in [4.69, 9.17) is 19.3 Å². The predicted octanol–water partition coefficient (Wildman–Crippen LogP) is 12.1. The van der Waals surface area contributed by atoms with Gasteiger partial charge < -0.3 is 24.4 Å². The van der Waals surface area contributed by atoms with E-state index in [2.05, 4.69) is 47.9 Å². The van der Waals surface area contributed by atoms with Crippen LogP contribution in [0.4, 0.5) is 0 Å². The summed E-state index contributed by atoms with van der Waals surface area (Å²) in [5.41, 5.74) is 0. The van der Waals surface area contributed by atoms with E-state index in [1.165, 1.54) is 96.3 Å². The van der Waals surface area contributed by atoms with Crippen molar-refractivity contribution in [3.8, 4) is 0 Å². The maximum atomic E-state index is 12.4. The molecule has 0 fully saturated rings. The Kier molecular flexibility index (Phi) is 37.7. The number of aliphatic hydroxyl groups excluding tert-OH is 1. The van der Waals surface area contributed by atoms with Crippen molar-refractivity contribution < 1.29 is 43.0 Å². The Hall–Kier alpha value is -2.03. The van der Waals surface area contributed by atoms with Crippen molar-refractivity contribution in [2.24, 2.45) is 0 Å². The fourth-order valence-corrected chi connectivity index (χ4v) is 6.27. The maximum Gasteiger partial charge on any atom is 0.469 e. The van der Waals surface area contributed by atoms with Crippen LogP contribution in [-0.4, -0.2) is 52.3 Å². The number of allylic oxidation sites excluding steroid dienone is 8. The van der Waals surface area contributed by atoms with Crippen LogP contribution in [0.1, 0.15) is 194 Å². The minimum Gasteiger partial charge on any atom is -0.462 e. The van der Waals surface area contributed by atoms with Crippen LogP contribution in [0.3, 0.4) is 0 Å². The molecule has 0 spiro atoms. The highest BCUT2D eigenvalue weighted by atomic mass is 31.2. The van der Waals surface area contributed by atoms with Gasteiger partial charge in [-0.15, -0.1) is 0 Å². The van der Waals surface area contributed by atoms with Crippen LogP contribution < -0.4 is 0 Å². The Bertz CT molecular complexity index is 1030. The number of phosphoric acid groups is 1. The van der Waals surface area contributed by atoms with Gasteiger partial charge in [0, 0.05) is 12.8 Å². The van der Waals surface area contributed by atoms with Gasteiger partial charge in [0.15, 0.2) is 6.10 Å². The average molecular weight is 783 g/mol. The SMILES string of the molecule is CCCCCCCCCCCCCCCCCCCCC(=O)OC[C@H](COP(=O)(O)O)OC(=O)CCC/C=C\C/C=C\C/C=C\C/C=C\CCC[C@H](C)O. The third-order valence-corrected chi connectivity index (χ3v) is 9.60. The Morgan fingerprint density at radius 2 is 0.963 bits per heavy atom. The molecule has 9 nitrogen and oxygen atoms in total. The van der Waals surface area contributed by atoms with E-state index in [-0.39, 0.29) is 25.6 Å². The van der Waals surface area contributed by atoms with E-state index in [9.17, 15) is 19.3 Å². The molecule has 0 aliphatic rings. The van der Waals surface area contributed by atoms with Crippen LogP contribution >= 0.6 is 7.82 Å². The molecule has 0 bridgehead atoms. The minimum absolute atomic E-state index is 0.125. The van der Waals surface area contributed by atoms with Crippen molar-refractivity contribution in [3.05, 3.63) is 48.6 Å². The summed E-state index contributed by atoms with van der Waals surface area (Å²) in [7, 11) is -4.78. The van der Waals surface area contributed by atoms with E-state index >= 15 is 0 Å². The van der Waals surface area contributed by atoms with Gasteiger partial charge >= 0.3 is 19.8 Å². The van der Waals surface area contributed by atoms with Gasteiger partial charge in [-0.05, 0) is 64.7 Å². The number of rotatable bonds is 39. The number of hydrogen-bond acceptors (Lipinski definition) is 7. The molecule has 10 heteroatoms. The smallest absolute Gasteiger partial charge is 0.462 e. The second-order valence-corrected chi connectivity index (χ2v) is 15.8. The van der Waals surface area contributed by atoms with Gasteiger partial charge in [-0.3, -0.25) is 14.1 Å². The Balaban J connectivity index is 3.98. The molecule has 0 aliphatic carbocycles. The minimum atomic E-state index is -4.78. The number of esters is 2. The third kappa shape index (κ3) is 42.7. The second kappa shape index (κ2) is 39.2. The van der Waals surface area contributed by atoms with E-state index in [1.807, 2.05) is 19.1 Å². The predicted molar refractivity (Wildman–Crippen MR) is 222 cm³/mol. The molecule has 0 rings (SSSR count). The summed E-state index contributed by atoms with van der Waals surface area (Å²) in [6.07, 6.45) is 45.4. The van der Waals surface area contributed by atoms with Crippen LogP contribution in [0, 0.1) is 0 Å². The van der Waals surface area contributed by atoms with Crippen LogP contribution in [0.5, 0.6) is 0 Å².